The lowest BCUT2D eigenvalue weighted by Crippen LogP contribution is -2.14. The number of ether oxygens (including phenoxy) is 2. The zero-order chi connectivity index (χ0) is 16.2. The molecule has 3 aromatic rings. The van der Waals surface area contributed by atoms with Gasteiger partial charge in [-0.25, -0.2) is 4.98 Å². The average Bonchev–Trinajstić information content (AvgIpc) is 2.96. The van der Waals surface area contributed by atoms with Gasteiger partial charge in [-0.2, -0.15) is 0 Å². The number of rotatable bonds is 5. The lowest BCUT2D eigenvalue weighted by atomic mass is 10.1. The molecule has 0 spiro atoms. The maximum atomic E-state index is 12.3. The van der Waals surface area contributed by atoms with Crippen LogP contribution >= 0.6 is 11.3 Å². The monoisotopic (exact) mass is 328 g/mol. The lowest BCUT2D eigenvalue weighted by molar-refractivity contribution is -0.115. The first-order chi connectivity index (χ1) is 11.2. The number of aromatic nitrogens is 1. The number of benzene rings is 2. The Labute approximate surface area is 137 Å². The van der Waals surface area contributed by atoms with Crippen LogP contribution in [0.2, 0.25) is 0 Å². The highest BCUT2D eigenvalue weighted by atomic mass is 32.1. The van der Waals surface area contributed by atoms with Crippen molar-refractivity contribution in [2.75, 3.05) is 19.5 Å². The van der Waals surface area contributed by atoms with E-state index in [0.717, 1.165) is 15.8 Å². The first-order valence-electron chi connectivity index (χ1n) is 7.06. The van der Waals surface area contributed by atoms with Gasteiger partial charge in [0.25, 0.3) is 0 Å². The number of thiazole rings is 1. The van der Waals surface area contributed by atoms with E-state index >= 15 is 0 Å². The van der Waals surface area contributed by atoms with Crippen molar-refractivity contribution in [3.05, 3.63) is 48.0 Å². The van der Waals surface area contributed by atoms with Crippen molar-refractivity contribution in [2.45, 2.75) is 6.42 Å². The minimum Gasteiger partial charge on any atom is -0.497 e. The Morgan fingerprint density at radius 1 is 1.17 bits per heavy atom. The molecule has 0 saturated carbocycles. The second kappa shape index (κ2) is 6.66. The van der Waals surface area contributed by atoms with Crippen molar-refractivity contribution < 1.29 is 14.3 Å². The number of nitrogens with one attached hydrogen (secondary N) is 1. The zero-order valence-corrected chi connectivity index (χ0v) is 13.6. The van der Waals surface area contributed by atoms with Crippen LogP contribution in [-0.4, -0.2) is 25.1 Å². The highest BCUT2D eigenvalue weighted by Crippen LogP contribution is 2.27. The van der Waals surface area contributed by atoms with Crippen LogP contribution in [0.5, 0.6) is 11.5 Å². The number of carbonyl (C=O) groups is 1. The Hall–Kier alpha value is -2.60. The molecule has 0 radical (unpaired) electrons. The largest absolute Gasteiger partial charge is 0.497 e. The maximum Gasteiger partial charge on any atom is 0.230 e. The van der Waals surface area contributed by atoms with Crippen molar-refractivity contribution in [2.24, 2.45) is 0 Å². The van der Waals surface area contributed by atoms with Crippen molar-refractivity contribution in [1.29, 1.82) is 0 Å². The van der Waals surface area contributed by atoms with Crippen molar-refractivity contribution in [3.8, 4) is 11.5 Å². The van der Waals surface area contributed by atoms with Crippen LogP contribution in [0.1, 0.15) is 5.56 Å². The molecule has 0 saturated heterocycles. The molecule has 0 fully saturated rings. The number of methoxy groups -OCH3 is 2. The number of nitrogens with zero attached hydrogens (tertiary/aromatic N) is 1. The predicted molar refractivity (Wildman–Crippen MR) is 91.5 cm³/mol. The molecular formula is C17H16N2O3S. The van der Waals surface area contributed by atoms with Crippen molar-refractivity contribution >= 4 is 32.6 Å². The Morgan fingerprint density at radius 3 is 2.74 bits per heavy atom. The van der Waals surface area contributed by atoms with E-state index in [9.17, 15) is 4.79 Å². The van der Waals surface area contributed by atoms with Gasteiger partial charge in [-0.15, -0.1) is 0 Å². The van der Waals surface area contributed by atoms with E-state index in [1.807, 2.05) is 24.3 Å². The zero-order valence-electron chi connectivity index (χ0n) is 12.8. The molecule has 23 heavy (non-hydrogen) atoms. The number of para-hydroxylation sites is 1. The molecule has 0 bridgehead atoms. The van der Waals surface area contributed by atoms with E-state index in [0.29, 0.717) is 16.6 Å². The third-order valence-electron chi connectivity index (χ3n) is 3.38. The highest BCUT2D eigenvalue weighted by molar-refractivity contribution is 7.22. The quantitative estimate of drug-likeness (QED) is 0.779. The predicted octanol–water partition coefficient (Wildman–Crippen LogP) is 3.49. The molecule has 2 aromatic carbocycles. The summed E-state index contributed by atoms with van der Waals surface area (Å²) in [6, 6.07) is 13.2. The summed E-state index contributed by atoms with van der Waals surface area (Å²) in [5, 5.41) is 3.44. The highest BCUT2D eigenvalue weighted by Gasteiger charge is 2.12. The summed E-state index contributed by atoms with van der Waals surface area (Å²) < 4.78 is 11.5. The molecule has 0 unspecified atom stereocenters. The minimum absolute atomic E-state index is 0.143. The topological polar surface area (TPSA) is 60.5 Å². The third kappa shape index (κ3) is 3.43. The summed E-state index contributed by atoms with van der Waals surface area (Å²) in [7, 11) is 3.17. The number of carbonyl (C=O) groups excluding carboxylic acids is 1. The molecule has 0 aliphatic carbocycles. The number of hydrogen-bond acceptors (Lipinski definition) is 5. The summed E-state index contributed by atoms with van der Waals surface area (Å²) in [5.74, 6) is 1.20. The average molecular weight is 328 g/mol. The fourth-order valence-electron chi connectivity index (χ4n) is 2.28. The SMILES string of the molecule is COc1ccc(OC)c(CC(=O)Nc2nc3ccccc3s2)c1. The molecule has 1 N–H and O–H groups in total. The van der Waals surface area contributed by atoms with Crippen LogP contribution in [0.25, 0.3) is 10.2 Å². The van der Waals surface area contributed by atoms with Crippen LogP contribution in [0.15, 0.2) is 42.5 Å². The van der Waals surface area contributed by atoms with Crippen LogP contribution in [0.4, 0.5) is 5.13 Å². The van der Waals surface area contributed by atoms with E-state index in [4.69, 9.17) is 9.47 Å². The Kier molecular flexibility index (Phi) is 4.43. The summed E-state index contributed by atoms with van der Waals surface area (Å²) >= 11 is 1.45. The summed E-state index contributed by atoms with van der Waals surface area (Å²) in [6.07, 6.45) is 0.191. The molecule has 1 aromatic heterocycles. The Morgan fingerprint density at radius 2 is 2.00 bits per heavy atom. The Bertz CT molecular complexity index is 812. The minimum atomic E-state index is -0.143. The molecule has 6 heteroatoms. The van der Waals surface area contributed by atoms with E-state index in [1.54, 1.807) is 32.4 Å². The normalized spacial score (nSPS) is 10.5. The molecular weight excluding hydrogens is 312 g/mol. The van der Waals surface area contributed by atoms with E-state index in [1.165, 1.54) is 11.3 Å². The molecule has 0 aliphatic rings. The second-order valence-corrected chi connectivity index (χ2v) is 5.92. The van der Waals surface area contributed by atoms with Gasteiger partial charge in [0.1, 0.15) is 11.5 Å². The number of amides is 1. The van der Waals surface area contributed by atoms with Crippen molar-refractivity contribution in [1.82, 2.24) is 4.98 Å². The van der Waals surface area contributed by atoms with E-state index in [2.05, 4.69) is 10.3 Å². The molecule has 0 aliphatic heterocycles. The molecule has 5 nitrogen and oxygen atoms in total. The number of fused-ring (bicyclic) bond motifs is 1. The summed E-state index contributed by atoms with van der Waals surface area (Å²) in [5.41, 5.74) is 1.65. The van der Waals surface area contributed by atoms with Crippen molar-refractivity contribution in [3.63, 3.8) is 0 Å². The number of hydrogen-bond donors (Lipinski definition) is 1. The lowest BCUT2D eigenvalue weighted by Gasteiger charge is -2.10. The molecule has 1 amide bonds. The standard InChI is InChI=1S/C17H16N2O3S/c1-21-12-7-8-14(22-2)11(9-12)10-16(20)19-17-18-13-5-3-4-6-15(13)23-17/h3-9H,10H2,1-2H3,(H,18,19,20). The van der Waals surface area contributed by atoms with Gasteiger partial charge in [0, 0.05) is 5.56 Å². The van der Waals surface area contributed by atoms with Gasteiger partial charge < -0.3 is 14.8 Å². The van der Waals surface area contributed by atoms with Crippen LogP contribution in [0, 0.1) is 0 Å². The van der Waals surface area contributed by atoms with Gasteiger partial charge in [-0.1, -0.05) is 23.5 Å². The molecule has 3 rings (SSSR count). The van der Waals surface area contributed by atoms with Crippen LogP contribution in [0.3, 0.4) is 0 Å². The van der Waals surface area contributed by atoms with Gasteiger partial charge in [0.2, 0.25) is 5.91 Å². The number of anilines is 1. The van der Waals surface area contributed by atoms with Gasteiger partial charge in [0.15, 0.2) is 5.13 Å². The van der Waals surface area contributed by atoms with Gasteiger partial charge >= 0.3 is 0 Å². The fraction of sp³-hybridized carbons (Fsp3) is 0.176. The van der Waals surface area contributed by atoms with Crippen LogP contribution < -0.4 is 14.8 Å². The molecule has 118 valence electrons. The Balaban J connectivity index is 1.76. The van der Waals surface area contributed by atoms with E-state index in [-0.39, 0.29) is 12.3 Å². The first-order valence-corrected chi connectivity index (χ1v) is 7.87. The first kappa shape index (κ1) is 15.3. The third-order valence-corrected chi connectivity index (χ3v) is 4.33. The fourth-order valence-corrected chi connectivity index (χ4v) is 3.16. The maximum absolute atomic E-state index is 12.3. The van der Waals surface area contributed by atoms with E-state index < -0.39 is 0 Å². The van der Waals surface area contributed by atoms with Crippen LogP contribution in [-0.2, 0) is 11.2 Å². The van der Waals surface area contributed by atoms with Gasteiger partial charge in [0.05, 0.1) is 30.9 Å². The smallest absolute Gasteiger partial charge is 0.230 e. The molecule has 0 atom stereocenters. The summed E-state index contributed by atoms with van der Waals surface area (Å²) in [6.45, 7) is 0. The molecule has 1 heterocycles. The van der Waals surface area contributed by atoms with Gasteiger partial charge in [-0.05, 0) is 30.3 Å². The van der Waals surface area contributed by atoms with Gasteiger partial charge in [-0.3, -0.25) is 4.79 Å². The second-order valence-electron chi connectivity index (χ2n) is 4.89. The summed E-state index contributed by atoms with van der Waals surface area (Å²) in [4.78, 5) is 16.7.